The van der Waals surface area contributed by atoms with E-state index in [1.165, 1.54) is 0 Å². The van der Waals surface area contributed by atoms with Crippen molar-refractivity contribution in [1.29, 1.82) is 0 Å². The number of nitrogens with one attached hydrogen (secondary N) is 1. The Morgan fingerprint density at radius 3 is 1.92 bits per heavy atom. The van der Waals surface area contributed by atoms with E-state index in [-0.39, 0.29) is 0 Å². The first-order chi connectivity index (χ1) is 5.19. The highest BCUT2D eigenvalue weighted by Gasteiger charge is 2.29. The lowest BCUT2D eigenvalue weighted by Gasteiger charge is -2.32. The summed E-state index contributed by atoms with van der Waals surface area (Å²) in [6.45, 7) is 5.14. The van der Waals surface area contributed by atoms with E-state index in [0.717, 1.165) is 10.7 Å². The van der Waals surface area contributed by atoms with Crippen LogP contribution >= 0.6 is 0 Å². The van der Waals surface area contributed by atoms with Crippen LogP contribution in [0.3, 0.4) is 0 Å². The quantitative estimate of drug-likeness (QED) is 0.449. The van der Waals surface area contributed by atoms with E-state index in [2.05, 4.69) is 5.34 Å². The van der Waals surface area contributed by atoms with Crippen molar-refractivity contribution < 1.29 is 13.4 Å². The van der Waals surface area contributed by atoms with Crippen molar-refractivity contribution in [1.82, 2.24) is 9.75 Å². The molecule has 0 aliphatic heterocycles. The average molecular weight is 193 g/mol. The highest BCUT2D eigenvalue weighted by atomic mass is 32.2. The Morgan fingerprint density at radius 2 is 1.83 bits per heavy atom. The summed E-state index contributed by atoms with van der Waals surface area (Å²) in [4.78, 5) is 0. The summed E-state index contributed by atoms with van der Waals surface area (Å²) < 4.78 is 23.2. The zero-order chi connectivity index (χ0) is 9.99. The molecule has 12 heavy (non-hydrogen) atoms. The van der Waals surface area contributed by atoms with Crippen LogP contribution in [0.2, 0.25) is 0 Å². The molecule has 0 saturated heterocycles. The Labute approximate surface area is 74.1 Å². The van der Waals surface area contributed by atoms with E-state index in [1.54, 1.807) is 20.8 Å². The molecule has 0 aliphatic carbocycles. The lowest BCUT2D eigenvalue weighted by Crippen LogP contribution is -2.54. The van der Waals surface area contributed by atoms with Crippen LogP contribution in [0, 0.1) is 0 Å². The Hall–Kier alpha value is -0.105. The van der Waals surface area contributed by atoms with Crippen molar-refractivity contribution in [2.45, 2.75) is 26.3 Å². The van der Waals surface area contributed by atoms with E-state index in [0.29, 0.717) is 7.62 Å². The van der Waals surface area contributed by atoms with Crippen molar-refractivity contribution in [3.05, 3.63) is 0 Å². The first-order valence-electron chi connectivity index (χ1n) is 3.42. The molecule has 0 aromatic rings. The summed E-state index contributed by atoms with van der Waals surface area (Å²) in [6, 6.07) is 0. The zero-order valence-electron chi connectivity index (χ0n) is 7.70. The van der Waals surface area contributed by atoms with E-state index in [1.807, 2.05) is 0 Å². The van der Waals surface area contributed by atoms with Gasteiger partial charge in [0.05, 0.1) is 6.26 Å². The van der Waals surface area contributed by atoms with E-state index >= 15 is 0 Å². The molecule has 7 heteroatoms. The van der Waals surface area contributed by atoms with Gasteiger partial charge >= 0.3 is 7.62 Å². The van der Waals surface area contributed by atoms with Crippen molar-refractivity contribution in [2.24, 2.45) is 0 Å². The van der Waals surface area contributed by atoms with E-state index in [9.17, 15) is 8.42 Å². The van der Waals surface area contributed by atoms with Gasteiger partial charge in [-0.2, -0.15) is 0 Å². The lowest BCUT2D eigenvalue weighted by molar-refractivity contribution is 0.218. The van der Waals surface area contributed by atoms with Gasteiger partial charge < -0.3 is 5.02 Å². The maximum absolute atomic E-state index is 11.1. The van der Waals surface area contributed by atoms with Crippen LogP contribution in [-0.2, 0) is 10.0 Å². The first-order valence-corrected chi connectivity index (χ1v) is 5.27. The molecule has 0 amide bonds. The predicted molar refractivity (Wildman–Crippen MR) is 47.5 cm³/mol. The molecule has 1 radical (unpaired) electrons. The van der Waals surface area contributed by atoms with Crippen LogP contribution in [0.5, 0.6) is 0 Å². The molecule has 5 nitrogen and oxygen atoms in total. The van der Waals surface area contributed by atoms with Crippen LogP contribution in [-0.4, -0.2) is 37.3 Å². The fraction of sp³-hybridized carbons (Fsp3) is 1.00. The lowest BCUT2D eigenvalue weighted by atomic mass is 10.1. The minimum absolute atomic E-state index is 0.590. The van der Waals surface area contributed by atoms with Crippen LogP contribution in [0.15, 0.2) is 0 Å². The van der Waals surface area contributed by atoms with Gasteiger partial charge in [-0.25, -0.2) is 8.42 Å². The molecule has 0 rings (SSSR count). The van der Waals surface area contributed by atoms with Crippen molar-refractivity contribution in [3.63, 3.8) is 0 Å². The number of nitrogens with zero attached hydrogens (tertiary/aromatic N) is 1. The zero-order valence-corrected chi connectivity index (χ0v) is 8.51. The van der Waals surface area contributed by atoms with Crippen molar-refractivity contribution in [3.8, 4) is 0 Å². The van der Waals surface area contributed by atoms with Gasteiger partial charge in [0.2, 0.25) is 10.0 Å². The van der Waals surface area contributed by atoms with Gasteiger partial charge in [-0.3, -0.25) is 5.34 Å². The van der Waals surface area contributed by atoms with Gasteiger partial charge in [0.25, 0.3) is 0 Å². The number of sulfonamides is 1. The number of hydrazine groups is 1. The summed E-state index contributed by atoms with van der Waals surface area (Å²) in [6.07, 6.45) is 1.06. The maximum atomic E-state index is 11.1. The molecule has 0 saturated carbocycles. The number of hydrogen-bond acceptors (Lipinski definition) is 4. The van der Waals surface area contributed by atoms with Crippen LogP contribution in [0.25, 0.3) is 0 Å². The number of hydrogen-bond donors (Lipinski definition) is 2. The largest absolute Gasteiger partial charge is 0.439 e. The summed E-state index contributed by atoms with van der Waals surface area (Å²) in [5.41, 5.74) is -0.604. The molecule has 0 bridgehead atoms. The summed E-state index contributed by atoms with van der Waals surface area (Å²) in [5, 5.41) is 10.7. The SMILES string of the molecule is CC(C)(C)N(N[B]O)S(C)(=O)=O. The fourth-order valence-corrected chi connectivity index (χ4v) is 2.07. The third-order valence-electron chi connectivity index (χ3n) is 1.12. The Morgan fingerprint density at radius 1 is 1.42 bits per heavy atom. The van der Waals surface area contributed by atoms with E-state index in [4.69, 9.17) is 5.02 Å². The van der Waals surface area contributed by atoms with Gasteiger partial charge in [0, 0.05) is 5.54 Å². The third kappa shape index (κ3) is 3.53. The third-order valence-corrected chi connectivity index (χ3v) is 2.43. The molecule has 0 aliphatic rings. The maximum Gasteiger partial charge on any atom is 0.409 e. The Bertz CT molecular complexity index is 234. The normalized spacial score (nSPS) is 13.5. The van der Waals surface area contributed by atoms with Gasteiger partial charge in [0.15, 0.2) is 0 Å². The standard InChI is InChI=1S/C5H14BN2O3S/c1-5(2,3)8(7-6-9)12(4,10)11/h7,9H,1-4H3. The first kappa shape index (κ1) is 11.9. The van der Waals surface area contributed by atoms with Crippen LogP contribution in [0.4, 0.5) is 0 Å². The van der Waals surface area contributed by atoms with E-state index < -0.39 is 15.6 Å². The highest BCUT2D eigenvalue weighted by Crippen LogP contribution is 2.13. The molecular weight excluding hydrogens is 179 g/mol. The molecule has 71 valence electrons. The van der Waals surface area contributed by atoms with Crippen molar-refractivity contribution >= 4 is 17.6 Å². The Kier molecular flexibility index (Phi) is 3.70. The van der Waals surface area contributed by atoms with Gasteiger partial charge in [0.1, 0.15) is 0 Å². The fourth-order valence-electron chi connectivity index (χ4n) is 0.839. The molecule has 0 aromatic carbocycles. The van der Waals surface area contributed by atoms with Gasteiger partial charge in [-0.05, 0) is 20.8 Å². The molecule has 0 aromatic heterocycles. The monoisotopic (exact) mass is 193 g/mol. The molecular formula is C5H14BN2O3S. The molecule has 0 atom stereocenters. The topological polar surface area (TPSA) is 69.6 Å². The molecule has 0 fully saturated rings. The second kappa shape index (κ2) is 3.74. The second-order valence-corrected chi connectivity index (χ2v) is 5.29. The van der Waals surface area contributed by atoms with Gasteiger partial charge in [-0.1, -0.05) is 0 Å². The molecule has 0 unspecified atom stereocenters. The Balaban J connectivity index is 4.70. The minimum atomic E-state index is -3.35. The highest BCUT2D eigenvalue weighted by molar-refractivity contribution is 7.88. The van der Waals surface area contributed by atoms with Crippen LogP contribution < -0.4 is 5.34 Å². The predicted octanol–water partition coefficient (Wildman–Crippen LogP) is -0.922. The minimum Gasteiger partial charge on any atom is -0.439 e. The van der Waals surface area contributed by atoms with Gasteiger partial charge in [-0.15, -0.1) is 4.41 Å². The van der Waals surface area contributed by atoms with Crippen LogP contribution in [0.1, 0.15) is 20.8 Å². The molecule has 0 spiro atoms. The summed E-state index contributed by atoms with van der Waals surface area (Å²) >= 11 is 0. The average Bonchev–Trinajstić information content (AvgIpc) is 1.77. The second-order valence-electron chi connectivity index (χ2n) is 3.46. The summed E-state index contributed by atoms with van der Waals surface area (Å²) in [7, 11) is -2.76. The summed E-state index contributed by atoms with van der Waals surface area (Å²) in [5.74, 6) is 0. The number of rotatable bonds is 3. The molecule has 2 N–H and O–H groups in total. The van der Waals surface area contributed by atoms with Crippen molar-refractivity contribution in [2.75, 3.05) is 6.26 Å². The molecule has 0 heterocycles. The smallest absolute Gasteiger partial charge is 0.409 e.